The predicted octanol–water partition coefficient (Wildman–Crippen LogP) is 3.55. The van der Waals surface area contributed by atoms with Crippen LogP contribution in [0.3, 0.4) is 0 Å². The highest BCUT2D eigenvalue weighted by molar-refractivity contribution is 7.98. The van der Waals surface area contributed by atoms with Gasteiger partial charge in [0.05, 0.1) is 17.2 Å². The van der Waals surface area contributed by atoms with Crippen molar-refractivity contribution in [2.75, 3.05) is 0 Å². The van der Waals surface area contributed by atoms with Gasteiger partial charge in [-0.2, -0.15) is 5.26 Å². The molecule has 0 aliphatic rings. The SMILES string of the molecule is N#Cc1cccc(CSc2ccccc2C(=O)O)c1. The second-order valence-corrected chi connectivity index (χ2v) is 4.92. The summed E-state index contributed by atoms with van der Waals surface area (Å²) < 4.78 is 0. The van der Waals surface area contributed by atoms with Crippen LogP contribution in [-0.2, 0) is 5.75 Å². The number of nitrogens with zero attached hydrogens (tertiary/aromatic N) is 1. The van der Waals surface area contributed by atoms with Crippen LogP contribution < -0.4 is 0 Å². The van der Waals surface area contributed by atoms with Gasteiger partial charge in [0.1, 0.15) is 0 Å². The van der Waals surface area contributed by atoms with Gasteiger partial charge in [-0.25, -0.2) is 4.79 Å². The first kappa shape index (κ1) is 13.2. The Morgan fingerprint density at radius 2 is 2.00 bits per heavy atom. The van der Waals surface area contributed by atoms with Gasteiger partial charge in [0.2, 0.25) is 0 Å². The lowest BCUT2D eigenvalue weighted by atomic mass is 10.2. The molecule has 1 N–H and O–H groups in total. The maximum atomic E-state index is 11.1. The number of aromatic carboxylic acids is 1. The maximum Gasteiger partial charge on any atom is 0.336 e. The fourth-order valence-corrected chi connectivity index (χ4v) is 2.65. The molecule has 0 aromatic heterocycles. The van der Waals surface area contributed by atoms with Crippen LogP contribution in [0.15, 0.2) is 53.4 Å². The van der Waals surface area contributed by atoms with Crippen LogP contribution in [-0.4, -0.2) is 11.1 Å². The minimum absolute atomic E-state index is 0.309. The van der Waals surface area contributed by atoms with Crippen molar-refractivity contribution in [3.05, 3.63) is 65.2 Å². The average Bonchev–Trinajstić information content (AvgIpc) is 2.45. The number of hydrogen-bond acceptors (Lipinski definition) is 3. The van der Waals surface area contributed by atoms with Gasteiger partial charge in [0, 0.05) is 10.6 Å². The minimum atomic E-state index is -0.922. The summed E-state index contributed by atoms with van der Waals surface area (Å²) >= 11 is 1.46. The second-order valence-electron chi connectivity index (χ2n) is 3.90. The number of nitriles is 1. The summed E-state index contributed by atoms with van der Waals surface area (Å²) in [6.45, 7) is 0. The second kappa shape index (κ2) is 6.07. The van der Waals surface area contributed by atoms with Gasteiger partial charge in [-0.05, 0) is 29.8 Å². The quantitative estimate of drug-likeness (QED) is 0.862. The van der Waals surface area contributed by atoms with Crippen LogP contribution in [0.2, 0.25) is 0 Å². The molecule has 2 aromatic rings. The molecule has 4 heteroatoms. The first-order valence-electron chi connectivity index (χ1n) is 5.65. The Kier molecular flexibility index (Phi) is 4.22. The molecule has 2 rings (SSSR count). The van der Waals surface area contributed by atoms with Crippen molar-refractivity contribution < 1.29 is 9.90 Å². The number of hydrogen-bond donors (Lipinski definition) is 1. The number of carboxylic acid groups (broad SMARTS) is 1. The lowest BCUT2D eigenvalue weighted by Crippen LogP contribution is -1.98. The van der Waals surface area contributed by atoms with Crippen LogP contribution in [0.25, 0.3) is 0 Å². The Balaban J connectivity index is 2.15. The number of rotatable bonds is 4. The zero-order valence-corrected chi connectivity index (χ0v) is 10.9. The molecule has 0 amide bonds. The highest BCUT2D eigenvalue weighted by atomic mass is 32.2. The van der Waals surface area contributed by atoms with Crippen LogP contribution in [0.1, 0.15) is 21.5 Å². The molecule has 0 saturated carbocycles. The largest absolute Gasteiger partial charge is 0.478 e. The molecular formula is C15H11NO2S. The van der Waals surface area contributed by atoms with Crippen LogP contribution in [0.5, 0.6) is 0 Å². The summed E-state index contributed by atoms with van der Waals surface area (Å²) in [6, 6.07) is 16.3. The van der Waals surface area contributed by atoms with Crippen molar-refractivity contribution in [1.29, 1.82) is 5.26 Å². The van der Waals surface area contributed by atoms with Crippen LogP contribution in [0, 0.1) is 11.3 Å². The smallest absolute Gasteiger partial charge is 0.336 e. The summed E-state index contributed by atoms with van der Waals surface area (Å²) in [7, 11) is 0. The Bertz CT molecular complexity index is 647. The molecule has 0 heterocycles. The van der Waals surface area contributed by atoms with Crippen LogP contribution in [0.4, 0.5) is 0 Å². The third-order valence-electron chi connectivity index (χ3n) is 2.57. The van der Waals surface area contributed by atoms with E-state index in [2.05, 4.69) is 6.07 Å². The van der Waals surface area contributed by atoms with Crippen LogP contribution >= 0.6 is 11.8 Å². The average molecular weight is 269 g/mol. The molecule has 2 aromatic carbocycles. The number of benzene rings is 2. The third kappa shape index (κ3) is 3.36. The van der Waals surface area contributed by atoms with E-state index in [1.54, 1.807) is 24.3 Å². The van der Waals surface area contributed by atoms with Crippen molar-refractivity contribution in [2.24, 2.45) is 0 Å². The highest BCUT2D eigenvalue weighted by Crippen LogP contribution is 2.26. The Morgan fingerprint density at radius 3 is 2.74 bits per heavy atom. The van der Waals surface area contributed by atoms with Gasteiger partial charge in [-0.3, -0.25) is 0 Å². The number of carbonyl (C=O) groups is 1. The molecule has 3 nitrogen and oxygen atoms in total. The highest BCUT2D eigenvalue weighted by Gasteiger charge is 2.09. The molecule has 19 heavy (non-hydrogen) atoms. The molecule has 0 atom stereocenters. The fourth-order valence-electron chi connectivity index (χ4n) is 1.66. The van der Waals surface area contributed by atoms with E-state index < -0.39 is 5.97 Å². The lowest BCUT2D eigenvalue weighted by Gasteiger charge is -2.05. The van der Waals surface area contributed by atoms with Crippen molar-refractivity contribution in [3.8, 4) is 6.07 Å². The zero-order chi connectivity index (χ0) is 13.7. The van der Waals surface area contributed by atoms with Crippen molar-refractivity contribution in [1.82, 2.24) is 0 Å². The summed E-state index contributed by atoms with van der Waals surface area (Å²) in [5, 5.41) is 17.9. The standard InChI is InChI=1S/C15H11NO2S/c16-9-11-4-3-5-12(8-11)10-19-14-7-2-1-6-13(14)15(17)18/h1-8H,10H2,(H,17,18). The van der Waals surface area contributed by atoms with Gasteiger partial charge in [-0.15, -0.1) is 11.8 Å². The Labute approximate surface area is 115 Å². The predicted molar refractivity (Wildman–Crippen MR) is 74.1 cm³/mol. The lowest BCUT2D eigenvalue weighted by molar-refractivity contribution is 0.0693. The first-order chi connectivity index (χ1) is 9.20. The molecule has 0 spiro atoms. The van der Waals surface area contributed by atoms with Crippen molar-refractivity contribution in [3.63, 3.8) is 0 Å². The third-order valence-corrected chi connectivity index (χ3v) is 3.71. The molecule has 0 aliphatic carbocycles. The normalized spacial score (nSPS) is 9.84. The van der Waals surface area contributed by atoms with E-state index >= 15 is 0 Å². The maximum absolute atomic E-state index is 11.1. The van der Waals surface area contributed by atoms with E-state index in [-0.39, 0.29) is 0 Å². The molecular weight excluding hydrogens is 258 g/mol. The van der Waals surface area contributed by atoms with E-state index in [9.17, 15) is 4.79 Å². The van der Waals surface area contributed by atoms with Crippen molar-refractivity contribution >= 4 is 17.7 Å². The summed E-state index contributed by atoms with van der Waals surface area (Å²) in [6.07, 6.45) is 0. The molecule has 0 fully saturated rings. The van der Waals surface area contributed by atoms with Gasteiger partial charge < -0.3 is 5.11 Å². The molecule has 0 saturated heterocycles. The fraction of sp³-hybridized carbons (Fsp3) is 0.0667. The first-order valence-corrected chi connectivity index (χ1v) is 6.63. The Hall–Kier alpha value is -2.25. The van der Waals surface area contributed by atoms with E-state index in [1.165, 1.54) is 11.8 Å². The number of carboxylic acids is 1. The summed E-state index contributed by atoms with van der Waals surface area (Å²) in [4.78, 5) is 11.8. The zero-order valence-electron chi connectivity index (χ0n) is 10.0. The molecule has 0 radical (unpaired) electrons. The summed E-state index contributed by atoms with van der Waals surface area (Å²) in [5.74, 6) is -0.284. The topological polar surface area (TPSA) is 61.1 Å². The van der Waals surface area contributed by atoms with E-state index in [1.807, 2.05) is 24.3 Å². The van der Waals surface area contributed by atoms with Gasteiger partial charge in [0.15, 0.2) is 0 Å². The Morgan fingerprint density at radius 1 is 1.21 bits per heavy atom. The van der Waals surface area contributed by atoms with Gasteiger partial charge in [0.25, 0.3) is 0 Å². The van der Waals surface area contributed by atoms with Gasteiger partial charge in [-0.1, -0.05) is 24.3 Å². The number of thioether (sulfide) groups is 1. The van der Waals surface area contributed by atoms with E-state index in [0.717, 1.165) is 10.5 Å². The monoisotopic (exact) mass is 269 g/mol. The van der Waals surface area contributed by atoms with E-state index in [4.69, 9.17) is 10.4 Å². The molecule has 94 valence electrons. The molecule has 0 bridgehead atoms. The van der Waals surface area contributed by atoms with Gasteiger partial charge >= 0.3 is 5.97 Å². The summed E-state index contributed by atoms with van der Waals surface area (Å²) in [5.41, 5.74) is 1.93. The minimum Gasteiger partial charge on any atom is -0.478 e. The molecule has 0 aliphatic heterocycles. The van der Waals surface area contributed by atoms with Crippen molar-refractivity contribution in [2.45, 2.75) is 10.6 Å². The molecule has 0 unspecified atom stereocenters. The van der Waals surface area contributed by atoms with E-state index in [0.29, 0.717) is 16.9 Å².